The maximum Gasteiger partial charge on any atom is 0.253 e. The molecule has 0 unspecified atom stereocenters. The average molecular weight is 260 g/mol. The highest BCUT2D eigenvalue weighted by Crippen LogP contribution is 2.14. The Morgan fingerprint density at radius 1 is 1.26 bits per heavy atom. The lowest BCUT2D eigenvalue weighted by atomic mass is 10.2. The van der Waals surface area contributed by atoms with Crippen LogP contribution in [0, 0.1) is 5.92 Å². The van der Waals surface area contributed by atoms with Gasteiger partial charge in [-0.3, -0.25) is 9.59 Å². The Kier molecular flexibility index (Phi) is 4.20. The molecule has 1 heterocycles. The van der Waals surface area contributed by atoms with Crippen molar-refractivity contribution in [2.24, 2.45) is 5.92 Å². The third-order valence-corrected chi connectivity index (χ3v) is 3.37. The molecule has 0 bridgehead atoms. The predicted molar refractivity (Wildman–Crippen MR) is 73.7 cm³/mol. The average Bonchev–Trinajstić information content (AvgIpc) is 2.87. The molecule has 4 nitrogen and oxygen atoms in total. The molecule has 1 fully saturated rings. The van der Waals surface area contributed by atoms with E-state index in [1.165, 1.54) is 0 Å². The SMILES string of the molecule is CC(C)C(=O)N[C@H]1CCN(C(=O)c2ccccc2)C1. The van der Waals surface area contributed by atoms with E-state index < -0.39 is 0 Å². The van der Waals surface area contributed by atoms with Crippen molar-refractivity contribution in [3.63, 3.8) is 0 Å². The van der Waals surface area contributed by atoms with Crippen LogP contribution in [0.25, 0.3) is 0 Å². The molecule has 0 saturated carbocycles. The molecule has 0 aromatic heterocycles. The molecule has 2 rings (SSSR count). The summed E-state index contributed by atoms with van der Waals surface area (Å²) in [7, 11) is 0. The molecule has 1 aliphatic heterocycles. The third-order valence-electron chi connectivity index (χ3n) is 3.37. The number of rotatable bonds is 3. The number of hydrogen-bond acceptors (Lipinski definition) is 2. The number of hydrogen-bond donors (Lipinski definition) is 1. The van der Waals surface area contributed by atoms with Crippen LogP contribution < -0.4 is 5.32 Å². The Morgan fingerprint density at radius 2 is 1.95 bits per heavy atom. The van der Waals surface area contributed by atoms with Gasteiger partial charge in [0.1, 0.15) is 0 Å². The van der Waals surface area contributed by atoms with Crippen molar-refractivity contribution < 1.29 is 9.59 Å². The lowest BCUT2D eigenvalue weighted by Gasteiger charge is -2.17. The quantitative estimate of drug-likeness (QED) is 0.898. The van der Waals surface area contributed by atoms with E-state index in [9.17, 15) is 9.59 Å². The number of carbonyl (C=O) groups is 2. The van der Waals surface area contributed by atoms with Crippen molar-refractivity contribution in [1.29, 1.82) is 0 Å². The number of likely N-dealkylation sites (tertiary alicyclic amines) is 1. The van der Waals surface area contributed by atoms with Crippen molar-refractivity contribution in [1.82, 2.24) is 10.2 Å². The summed E-state index contributed by atoms with van der Waals surface area (Å²) in [4.78, 5) is 25.7. The molecule has 19 heavy (non-hydrogen) atoms. The minimum Gasteiger partial charge on any atom is -0.351 e. The summed E-state index contributed by atoms with van der Waals surface area (Å²) in [5.41, 5.74) is 0.707. The second-order valence-corrected chi connectivity index (χ2v) is 5.27. The summed E-state index contributed by atoms with van der Waals surface area (Å²) in [6.45, 7) is 5.05. The van der Waals surface area contributed by atoms with Crippen molar-refractivity contribution in [2.75, 3.05) is 13.1 Å². The topological polar surface area (TPSA) is 49.4 Å². The van der Waals surface area contributed by atoms with Crippen LogP contribution in [-0.4, -0.2) is 35.8 Å². The fraction of sp³-hybridized carbons (Fsp3) is 0.467. The summed E-state index contributed by atoms with van der Waals surface area (Å²) in [6.07, 6.45) is 0.830. The van der Waals surface area contributed by atoms with E-state index in [1.54, 1.807) is 4.90 Å². The zero-order valence-electron chi connectivity index (χ0n) is 11.4. The summed E-state index contributed by atoms with van der Waals surface area (Å²) in [6, 6.07) is 9.35. The van der Waals surface area contributed by atoms with Gasteiger partial charge in [-0.15, -0.1) is 0 Å². The van der Waals surface area contributed by atoms with Crippen LogP contribution >= 0.6 is 0 Å². The molecule has 0 aliphatic carbocycles. The summed E-state index contributed by atoms with van der Waals surface area (Å²) in [5.74, 6) is 0.0831. The van der Waals surface area contributed by atoms with E-state index in [4.69, 9.17) is 0 Å². The van der Waals surface area contributed by atoms with Crippen molar-refractivity contribution in [3.8, 4) is 0 Å². The molecule has 0 radical (unpaired) electrons. The molecule has 1 saturated heterocycles. The first kappa shape index (κ1) is 13.6. The van der Waals surface area contributed by atoms with Gasteiger partial charge in [-0.25, -0.2) is 0 Å². The Hall–Kier alpha value is -1.84. The lowest BCUT2D eigenvalue weighted by molar-refractivity contribution is -0.124. The van der Waals surface area contributed by atoms with Gasteiger partial charge in [-0.05, 0) is 18.6 Å². The normalized spacial score (nSPS) is 18.7. The highest BCUT2D eigenvalue weighted by atomic mass is 16.2. The van der Waals surface area contributed by atoms with Crippen LogP contribution in [0.1, 0.15) is 30.6 Å². The van der Waals surface area contributed by atoms with E-state index in [2.05, 4.69) is 5.32 Å². The Balaban J connectivity index is 1.92. The molecule has 0 spiro atoms. The van der Waals surface area contributed by atoms with Crippen LogP contribution in [0.3, 0.4) is 0 Å². The first-order chi connectivity index (χ1) is 9.08. The summed E-state index contributed by atoms with van der Waals surface area (Å²) >= 11 is 0. The van der Waals surface area contributed by atoms with Crippen molar-refractivity contribution >= 4 is 11.8 Å². The van der Waals surface area contributed by atoms with E-state index >= 15 is 0 Å². The van der Waals surface area contributed by atoms with Gasteiger partial charge in [0.05, 0.1) is 0 Å². The number of nitrogens with one attached hydrogen (secondary N) is 1. The molecule has 4 heteroatoms. The Bertz CT molecular complexity index is 456. The highest BCUT2D eigenvalue weighted by Gasteiger charge is 2.28. The molecular weight excluding hydrogens is 240 g/mol. The van der Waals surface area contributed by atoms with E-state index in [0.29, 0.717) is 18.7 Å². The lowest BCUT2D eigenvalue weighted by Crippen LogP contribution is -2.40. The maximum atomic E-state index is 12.2. The van der Waals surface area contributed by atoms with Crippen molar-refractivity contribution in [3.05, 3.63) is 35.9 Å². The van der Waals surface area contributed by atoms with Gasteiger partial charge in [0.25, 0.3) is 5.91 Å². The first-order valence-corrected chi connectivity index (χ1v) is 6.72. The molecule has 1 N–H and O–H groups in total. The zero-order chi connectivity index (χ0) is 13.8. The molecule has 102 valence electrons. The zero-order valence-corrected chi connectivity index (χ0v) is 11.4. The van der Waals surface area contributed by atoms with Crippen LogP contribution in [0.15, 0.2) is 30.3 Å². The number of nitrogens with zero attached hydrogens (tertiary/aromatic N) is 1. The minimum atomic E-state index is -0.0149. The van der Waals surface area contributed by atoms with Crippen LogP contribution in [0.4, 0.5) is 0 Å². The predicted octanol–water partition coefficient (Wildman–Crippen LogP) is 1.67. The summed E-state index contributed by atoms with van der Waals surface area (Å²) in [5, 5.41) is 2.98. The molecular formula is C15H20N2O2. The summed E-state index contributed by atoms with van der Waals surface area (Å²) < 4.78 is 0. The molecule has 1 aliphatic rings. The number of benzene rings is 1. The van der Waals surface area contributed by atoms with Crippen LogP contribution in [0.2, 0.25) is 0 Å². The van der Waals surface area contributed by atoms with Gasteiger partial charge in [0.15, 0.2) is 0 Å². The maximum absolute atomic E-state index is 12.2. The third kappa shape index (κ3) is 3.34. The molecule has 1 atom stereocenters. The fourth-order valence-corrected chi connectivity index (χ4v) is 2.19. The van der Waals surface area contributed by atoms with E-state index in [-0.39, 0.29) is 23.8 Å². The molecule has 1 aromatic rings. The highest BCUT2D eigenvalue weighted by molar-refractivity contribution is 5.94. The number of carbonyl (C=O) groups excluding carboxylic acids is 2. The van der Waals surface area contributed by atoms with Gasteiger partial charge >= 0.3 is 0 Å². The smallest absolute Gasteiger partial charge is 0.253 e. The Morgan fingerprint density at radius 3 is 2.58 bits per heavy atom. The first-order valence-electron chi connectivity index (χ1n) is 6.72. The van der Waals surface area contributed by atoms with Gasteiger partial charge in [-0.1, -0.05) is 32.0 Å². The van der Waals surface area contributed by atoms with E-state index in [1.807, 2.05) is 44.2 Å². The monoisotopic (exact) mass is 260 g/mol. The standard InChI is InChI=1S/C15H20N2O2/c1-11(2)14(18)16-13-8-9-17(10-13)15(19)12-6-4-3-5-7-12/h3-7,11,13H,8-10H2,1-2H3,(H,16,18)/t13-/m0/s1. The van der Waals surface area contributed by atoms with Crippen LogP contribution in [0.5, 0.6) is 0 Å². The van der Waals surface area contributed by atoms with Gasteiger partial charge in [-0.2, -0.15) is 0 Å². The van der Waals surface area contributed by atoms with Crippen LogP contribution in [-0.2, 0) is 4.79 Å². The second-order valence-electron chi connectivity index (χ2n) is 5.27. The minimum absolute atomic E-state index is 0.0149. The van der Waals surface area contributed by atoms with Crippen molar-refractivity contribution in [2.45, 2.75) is 26.3 Å². The second kappa shape index (κ2) is 5.87. The molecule has 1 aromatic carbocycles. The van der Waals surface area contributed by atoms with Gasteiger partial charge in [0.2, 0.25) is 5.91 Å². The Labute approximate surface area is 113 Å². The molecule has 2 amide bonds. The van der Waals surface area contributed by atoms with Gasteiger partial charge in [0, 0.05) is 30.6 Å². The fourth-order valence-electron chi connectivity index (χ4n) is 2.19. The van der Waals surface area contributed by atoms with Gasteiger partial charge < -0.3 is 10.2 Å². The van der Waals surface area contributed by atoms with E-state index in [0.717, 1.165) is 6.42 Å². The number of amides is 2. The largest absolute Gasteiger partial charge is 0.351 e.